The molecule has 0 spiro atoms. The number of amides is 1. The van der Waals surface area contributed by atoms with Crippen molar-refractivity contribution in [1.29, 1.82) is 0 Å². The molecule has 0 bridgehead atoms. The van der Waals surface area contributed by atoms with Gasteiger partial charge in [0.05, 0.1) is 11.9 Å². The predicted octanol–water partition coefficient (Wildman–Crippen LogP) is 2.79. The van der Waals surface area contributed by atoms with E-state index in [0.29, 0.717) is 11.0 Å². The van der Waals surface area contributed by atoms with Crippen LogP contribution in [0.4, 0.5) is 4.79 Å². The van der Waals surface area contributed by atoms with Crippen molar-refractivity contribution in [2.75, 3.05) is 0 Å². The van der Waals surface area contributed by atoms with E-state index >= 15 is 0 Å². The maximum Gasteiger partial charge on any atom is 0.405 e. The van der Waals surface area contributed by atoms with Gasteiger partial charge < -0.3 is 14.8 Å². The highest BCUT2D eigenvalue weighted by molar-refractivity contribution is 6.83. The molecule has 0 unspecified atom stereocenters. The maximum atomic E-state index is 12.0. The Bertz CT molecular complexity index is 837. The van der Waals surface area contributed by atoms with E-state index in [2.05, 4.69) is 36.4 Å². The molecule has 114 valence electrons. The van der Waals surface area contributed by atoms with Gasteiger partial charge in [-0.3, -0.25) is 4.79 Å². The third-order valence-electron chi connectivity index (χ3n) is 2.78. The Kier molecular flexibility index (Phi) is 4.38. The van der Waals surface area contributed by atoms with Gasteiger partial charge in [-0.15, -0.1) is 5.54 Å². The van der Waals surface area contributed by atoms with Crippen molar-refractivity contribution in [1.82, 2.24) is 5.32 Å². The number of nitrogens with one attached hydrogen (secondary N) is 1. The quantitative estimate of drug-likeness (QED) is 0.660. The van der Waals surface area contributed by atoms with Gasteiger partial charge in [-0.05, 0) is 18.2 Å². The zero-order chi connectivity index (χ0) is 16.3. The molecule has 0 aliphatic heterocycles. The smallest absolute Gasteiger partial charge is 0.405 e. The average molecular weight is 315 g/mol. The fraction of sp³-hybridized carbons (Fsp3) is 0.250. The van der Waals surface area contributed by atoms with E-state index in [1.165, 1.54) is 6.07 Å². The van der Waals surface area contributed by atoms with Crippen LogP contribution in [0.5, 0.6) is 0 Å². The lowest BCUT2D eigenvalue weighted by atomic mass is 10.1. The van der Waals surface area contributed by atoms with Crippen molar-refractivity contribution >= 4 is 25.1 Å². The molecule has 2 N–H and O–H groups in total. The normalized spacial score (nSPS) is 10.9. The molecule has 0 aliphatic carbocycles. The molecule has 2 rings (SSSR count). The molecule has 0 saturated carbocycles. The number of fused-ring (bicyclic) bond motifs is 1. The second kappa shape index (κ2) is 6.08. The summed E-state index contributed by atoms with van der Waals surface area (Å²) in [6, 6.07) is 6.49. The van der Waals surface area contributed by atoms with Crippen molar-refractivity contribution < 1.29 is 14.3 Å². The van der Waals surface area contributed by atoms with Crippen LogP contribution in [-0.4, -0.2) is 19.3 Å². The van der Waals surface area contributed by atoms with Crippen LogP contribution in [0.15, 0.2) is 33.5 Å². The summed E-state index contributed by atoms with van der Waals surface area (Å²) in [5.74, 6) is 3.38. The van der Waals surface area contributed by atoms with Crippen molar-refractivity contribution in [3.05, 3.63) is 45.8 Å². The highest BCUT2D eigenvalue weighted by Crippen LogP contribution is 2.14. The minimum Gasteiger partial charge on any atom is -0.465 e. The minimum absolute atomic E-state index is 0.0503. The third kappa shape index (κ3) is 4.23. The van der Waals surface area contributed by atoms with Gasteiger partial charge in [-0.1, -0.05) is 25.6 Å². The highest BCUT2D eigenvalue weighted by Gasteiger charge is 2.09. The molecular weight excluding hydrogens is 298 g/mol. The number of hydrogen-bond donors (Lipinski definition) is 2. The fourth-order valence-electron chi connectivity index (χ4n) is 1.79. The molecule has 0 radical (unpaired) electrons. The Morgan fingerprint density at radius 2 is 2.05 bits per heavy atom. The molecule has 0 aliphatic rings. The van der Waals surface area contributed by atoms with Crippen molar-refractivity contribution in [3.8, 4) is 11.5 Å². The Morgan fingerprint density at radius 3 is 2.68 bits per heavy atom. The second-order valence-corrected chi connectivity index (χ2v) is 10.7. The summed E-state index contributed by atoms with van der Waals surface area (Å²) in [7, 11) is -1.48. The molecule has 1 amide bonds. The van der Waals surface area contributed by atoms with Crippen LogP contribution in [0, 0.1) is 11.5 Å². The Balaban J connectivity index is 2.43. The zero-order valence-corrected chi connectivity index (χ0v) is 13.7. The number of carbonyl (C=O) groups is 1. The molecular formula is C16H17NO4Si. The van der Waals surface area contributed by atoms with Crippen LogP contribution in [-0.2, 0) is 6.54 Å². The molecule has 5 nitrogen and oxygen atoms in total. The summed E-state index contributed by atoms with van der Waals surface area (Å²) in [5, 5.41) is 11.2. The van der Waals surface area contributed by atoms with Gasteiger partial charge in [0, 0.05) is 11.6 Å². The van der Waals surface area contributed by atoms with E-state index in [4.69, 9.17) is 9.52 Å². The maximum absolute atomic E-state index is 12.0. The lowest BCUT2D eigenvalue weighted by molar-refractivity contribution is 0.193. The first-order valence-corrected chi connectivity index (χ1v) is 10.3. The molecule has 22 heavy (non-hydrogen) atoms. The predicted molar refractivity (Wildman–Crippen MR) is 87.6 cm³/mol. The molecule has 0 saturated heterocycles. The lowest BCUT2D eigenvalue weighted by Gasteiger charge is -2.05. The summed E-state index contributed by atoms with van der Waals surface area (Å²) in [6.07, 6.45) is -1.17. The van der Waals surface area contributed by atoms with Gasteiger partial charge in [0.25, 0.3) is 0 Å². The molecule has 1 aromatic carbocycles. The standard InChI is InChI=1S/C16H17NO4Si/c1-22(2,3)7-6-11-4-5-13-14(18)9-12(10-17-16(19)20)21-15(13)8-11/h4-5,8-9,17H,10H2,1-3H3,(H,19,20). The SMILES string of the molecule is C[Si](C)(C)C#Cc1ccc2c(=O)cc(CNC(=O)O)oc2c1. The monoisotopic (exact) mass is 315 g/mol. The van der Waals surface area contributed by atoms with E-state index in [0.717, 1.165) is 5.56 Å². The molecule has 6 heteroatoms. The van der Waals surface area contributed by atoms with Gasteiger partial charge in [0.1, 0.15) is 19.4 Å². The van der Waals surface area contributed by atoms with Crippen molar-refractivity contribution in [2.24, 2.45) is 0 Å². The molecule has 0 fully saturated rings. The Labute approximate surface area is 129 Å². The van der Waals surface area contributed by atoms with Gasteiger partial charge >= 0.3 is 6.09 Å². The molecule has 1 heterocycles. The van der Waals surface area contributed by atoms with Crippen molar-refractivity contribution in [3.63, 3.8) is 0 Å². The van der Waals surface area contributed by atoms with Crippen LogP contribution in [0.25, 0.3) is 11.0 Å². The summed E-state index contributed by atoms with van der Waals surface area (Å²) < 4.78 is 5.58. The minimum atomic E-state index is -1.48. The van der Waals surface area contributed by atoms with E-state index in [1.54, 1.807) is 18.2 Å². The van der Waals surface area contributed by atoms with E-state index in [-0.39, 0.29) is 17.7 Å². The van der Waals surface area contributed by atoms with Crippen LogP contribution < -0.4 is 10.7 Å². The Morgan fingerprint density at radius 1 is 1.32 bits per heavy atom. The van der Waals surface area contributed by atoms with Crippen LogP contribution >= 0.6 is 0 Å². The van der Waals surface area contributed by atoms with Gasteiger partial charge in [0.2, 0.25) is 0 Å². The topological polar surface area (TPSA) is 79.5 Å². The largest absolute Gasteiger partial charge is 0.465 e. The van der Waals surface area contributed by atoms with E-state index in [1.807, 2.05) is 0 Å². The van der Waals surface area contributed by atoms with Gasteiger partial charge in [0.15, 0.2) is 5.43 Å². The number of rotatable bonds is 2. The highest BCUT2D eigenvalue weighted by atomic mass is 28.3. The van der Waals surface area contributed by atoms with Crippen LogP contribution in [0.1, 0.15) is 11.3 Å². The van der Waals surface area contributed by atoms with Crippen molar-refractivity contribution in [2.45, 2.75) is 26.2 Å². The summed E-state index contributed by atoms with van der Waals surface area (Å²) in [6.45, 7) is 6.40. The molecule has 0 atom stereocenters. The number of hydrogen-bond acceptors (Lipinski definition) is 3. The Hall–Kier alpha value is -2.52. The first kappa shape index (κ1) is 15.9. The molecule has 2 aromatic rings. The first-order chi connectivity index (χ1) is 10.2. The number of benzene rings is 1. The van der Waals surface area contributed by atoms with Crippen LogP contribution in [0.2, 0.25) is 19.6 Å². The average Bonchev–Trinajstić information content (AvgIpc) is 2.42. The third-order valence-corrected chi connectivity index (χ3v) is 3.65. The first-order valence-electron chi connectivity index (χ1n) is 6.81. The molecule has 1 aromatic heterocycles. The van der Waals surface area contributed by atoms with Gasteiger partial charge in [-0.25, -0.2) is 4.79 Å². The van der Waals surface area contributed by atoms with Crippen LogP contribution in [0.3, 0.4) is 0 Å². The zero-order valence-electron chi connectivity index (χ0n) is 12.7. The summed E-state index contributed by atoms with van der Waals surface area (Å²) >= 11 is 0. The van der Waals surface area contributed by atoms with E-state index in [9.17, 15) is 9.59 Å². The number of carboxylic acid groups (broad SMARTS) is 1. The summed E-state index contributed by atoms with van der Waals surface area (Å²) in [5.41, 5.74) is 4.24. The van der Waals surface area contributed by atoms with E-state index < -0.39 is 14.2 Å². The summed E-state index contributed by atoms with van der Waals surface area (Å²) in [4.78, 5) is 22.5. The second-order valence-electron chi connectivity index (χ2n) is 5.95. The lowest BCUT2D eigenvalue weighted by Crippen LogP contribution is -2.20. The van der Waals surface area contributed by atoms with Gasteiger partial charge in [-0.2, -0.15) is 0 Å². The fourth-order valence-corrected chi connectivity index (χ4v) is 2.31.